The highest BCUT2D eigenvalue weighted by Crippen LogP contribution is 2.41. The Balaban J connectivity index is 1.86. The summed E-state index contributed by atoms with van der Waals surface area (Å²) in [6.07, 6.45) is 7.39. The van der Waals surface area contributed by atoms with E-state index in [-0.39, 0.29) is 11.8 Å². The number of carbonyl (C=O) groups excluding carboxylic acids is 2. The third-order valence-corrected chi connectivity index (χ3v) is 5.67. The van der Waals surface area contributed by atoms with Crippen molar-refractivity contribution in [3.8, 4) is 0 Å². The smallest absolute Gasteiger partial charge is 0.251 e. The first kappa shape index (κ1) is 14.6. The Hall–Kier alpha value is -1.36. The topological polar surface area (TPSA) is 72.2 Å². The lowest BCUT2D eigenvalue weighted by molar-refractivity contribution is -0.117. The lowest BCUT2D eigenvalue weighted by Gasteiger charge is -2.21. The van der Waals surface area contributed by atoms with Crippen molar-refractivity contribution in [1.29, 1.82) is 0 Å². The Labute approximate surface area is 129 Å². The first-order valence-corrected chi connectivity index (χ1v) is 8.67. The van der Waals surface area contributed by atoms with Gasteiger partial charge in [-0.15, -0.1) is 11.3 Å². The van der Waals surface area contributed by atoms with Crippen LogP contribution in [0.15, 0.2) is 0 Å². The maximum Gasteiger partial charge on any atom is 0.251 e. The fourth-order valence-electron chi connectivity index (χ4n) is 3.22. The van der Waals surface area contributed by atoms with Crippen LogP contribution in [0.3, 0.4) is 0 Å². The molecule has 0 aromatic carbocycles. The summed E-state index contributed by atoms with van der Waals surface area (Å²) in [6, 6.07) is 0. The van der Waals surface area contributed by atoms with E-state index in [1.165, 1.54) is 17.7 Å². The van der Waals surface area contributed by atoms with Crippen molar-refractivity contribution in [2.75, 3.05) is 5.32 Å². The molecule has 0 saturated heterocycles. The molecular formula is C16H22N2O2S. The fraction of sp³-hybridized carbons (Fsp3) is 0.625. The third-order valence-electron chi connectivity index (χ3n) is 4.50. The summed E-state index contributed by atoms with van der Waals surface area (Å²) >= 11 is 1.56. The average molecular weight is 306 g/mol. The van der Waals surface area contributed by atoms with E-state index in [0.717, 1.165) is 37.7 Å². The van der Waals surface area contributed by atoms with Gasteiger partial charge in [-0.3, -0.25) is 9.59 Å². The van der Waals surface area contributed by atoms with Gasteiger partial charge in [0.05, 0.1) is 5.56 Å². The molecule has 0 radical (unpaired) electrons. The van der Waals surface area contributed by atoms with Gasteiger partial charge in [0.2, 0.25) is 5.91 Å². The molecule has 21 heavy (non-hydrogen) atoms. The van der Waals surface area contributed by atoms with Crippen molar-refractivity contribution in [3.05, 3.63) is 16.0 Å². The summed E-state index contributed by atoms with van der Waals surface area (Å²) in [5.41, 5.74) is 7.22. The van der Waals surface area contributed by atoms with Gasteiger partial charge in [-0.1, -0.05) is 19.8 Å². The second-order valence-corrected chi connectivity index (χ2v) is 7.34. The summed E-state index contributed by atoms with van der Waals surface area (Å²) < 4.78 is 0. The zero-order chi connectivity index (χ0) is 15.0. The first-order chi connectivity index (χ1) is 10.1. The van der Waals surface area contributed by atoms with E-state index >= 15 is 0 Å². The number of hydrogen-bond donors (Lipinski definition) is 2. The van der Waals surface area contributed by atoms with Crippen molar-refractivity contribution >= 4 is 28.2 Å². The lowest BCUT2D eigenvalue weighted by Crippen LogP contribution is -2.20. The van der Waals surface area contributed by atoms with E-state index < -0.39 is 5.91 Å². The molecule has 0 spiro atoms. The molecule has 1 aromatic heterocycles. The summed E-state index contributed by atoms with van der Waals surface area (Å²) in [7, 11) is 0. The Morgan fingerprint density at radius 2 is 2.10 bits per heavy atom. The molecule has 0 unspecified atom stereocenters. The van der Waals surface area contributed by atoms with Gasteiger partial charge in [-0.25, -0.2) is 0 Å². The number of fused-ring (bicyclic) bond motifs is 1. The molecule has 2 aliphatic carbocycles. The Bertz CT molecular complexity index is 575. The standard InChI is InChI=1S/C16H22N2O2S/c1-2-3-9-4-7-11-12(8-9)21-16(13(11)14(17)19)18-15(20)10-5-6-10/h9-10H,2-8H2,1H3,(H2,17,19)(H,18,20)/t9-/m0/s1. The van der Waals surface area contributed by atoms with Crippen molar-refractivity contribution in [1.82, 2.24) is 0 Å². The summed E-state index contributed by atoms with van der Waals surface area (Å²) in [4.78, 5) is 25.0. The predicted molar refractivity (Wildman–Crippen MR) is 84.6 cm³/mol. The first-order valence-electron chi connectivity index (χ1n) is 7.85. The Morgan fingerprint density at radius 1 is 1.33 bits per heavy atom. The highest BCUT2D eigenvalue weighted by molar-refractivity contribution is 7.17. The van der Waals surface area contributed by atoms with Gasteiger partial charge in [-0.05, 0) is 43.6 Å². The second-order valence-electron chi connectivity index (χ2n) is 6.23. The number of carbonyl (C=O) groups is 2. The van der Waals surface area contributed by atoms with Crippen LogP contribution in [0.4, 0.5) is 5.00 Å². The van der Waals surface area contributed by atoms with Crippen LogP contribution in [0.5, 0.6) is 0 Å². The molecule has 2 aliphatic rings. The van der Waals surface area contributed by atoms with Crippen LogP contribution in [0.25, 0.3) is 0 Å². The van der Waals surface area contributed by atoms with E-state index in [2.05, 4.69) is 12.2 Å². The SMILES string of the molecule is CCC[C@H]1CCc2c(sc(NC(=O)C3CC3)c2C(N)=O)C1. The van der Waals surface area contributed by atoms with E-state index in [1.807, 2.05) is 0 Å². The quantitative estimate of drug-likeness (QED) is 0.877. The highest BCUT2D eigenvalue weighted by Gasteiger charge is 2.33. The maximum absolute atomic E-state index is 12.0. The van der Waals surface area contributed by atoms with Crippen molar-refractivity contribution in [2.24, 2.45) is 17.6 Å². The molecule has 4 nitrogen and oxygen atoms in total. The minimum absolute atomic E-state index is 0.0428. The van der Waals surface area contributed by atoms with E-state index in [0.29, 0.717) is 16.5 Å². The molecule has 1 fully saturated rings. The van der Waals surface area contributed by atoms with Crippen molar-refractivity contribution < 1.29 is 9.59 Å². The molecule has 114 valence electrons. The number of primary amides is 1. The number of anilines is 1. The van der Waals surface area contributed by atoms with Gasteiger partial charge in [0.25, 0.3) is 5.91 Å². The molecule has 1 aromatic rings. The van der Waals surface area contributed by atoms with Gasteiger partial charge in [0.1, 0.15) is 5.00 Å². The number of hydrogen-bond acceptors (Lipinski definition) is 3. The molecule has 5 heteroatoms. The van der Waals surface area contributed by atoms with Gasteiger partial charge >= 0.3 is 0 Å². The molecule has 3 N–H and O–H groups in total. The van der Waals surface area contributed by atoms with Gasteiger partial charge < -0.3 is 11.1 Å². The van der Waals surface area contributed by atoms with Crippen LogP contribution < -0.4 is 11.1 Å². The molecule has 3 rings (SSSR count). The summed E-state index contributed by atoms with van der Waals surface area (Å²) in [5, 5.41) is 3.62. The van der Waals surface area contributed by atoms with Gasteiger partial charge in [0.15, 0.2) is 0 Å². The van der Waals surface area contributed by atoms with Crippen LogP contribution in [0.1, 0.15) is 59.8 Å². The largest absolute Gasteiger partial charge is 0.365 e. The number of nitrogens with two attached hydrogens (primary N) is 1. The number of thiophene rings is 1. The van der Waals surface area contributed by atoms with Crippen LogP contribution in [-0.4, -0.2) is 11.8 Å². The maximum atomic E-state index is 12.0. The van der Waals surface area contributed by atoms with Gasteiger partial charge in [-0.2, -0.15) is 0 Å². The van der Waals surface area contributed by atoms with E-state index in [9.17, 15) is 9.59 Å². The van der Waals surface area contributed by atoms with E-state index in [1.54, 1.807) is 11.3 Å². The zero-order valence-electron chi connectivity index (χ0n) is 12.4. The van der Waals surface area contributed by atoms with E-state index in [4.69, 9.17) is 5.73 Å². The minimum Gasteiger partial charge on any atom is -0.365 e. The van der Waals surface area contributed by atoms with Crippen LogP contribution in [-0.2, 0) is 17.6 Å². The zero-order valence-corrected chi connectivity index (χ0v) is 13.2. The normalized spacial score (nSPS) is 20.9. The molecule has 0 aliphatic heterocycles. The number of rotatable bonds is 5. The third kappa shape index (κ3) is 2.98. The second kappa shape index (κ2) is 5.79. The van der Waals surface area contributed by atoms with Crippen molar-refractivity contribution in [2.45, 2.75) is 51.9 Å². The van der Waals surface area contributed by atoms with Crippen molar-refractivity contribution in [3.63, 3.8) is 0 Å². The monoisotopic (exact) mass is 306 g/mol. The van der Waals surface area contributed by atoms with Crippen LogP contribution in [0, 0.1) is 11.8 Å². The van der Waals surface area contributed by atoms with Gasteiger partial charge in [0, 0.05) is 10.8 Å². The minimum atomic E-state index is -0.410. The predicted octanol–water partition coefficient (Wildman–Crippen LogP) is 3.10. The number of amides is 2. The molecule has 1 saturated carbocycles. The highest BCUT2D eigenvalue weighted by atomic mass is 32.1. The average Bonchev–Trinajstić information content (AvgIpc) is 3.21. The van der Waals surface area contributed by atoms with Crippen LogP contribution >= 0.6 is 11.3 Å². The lowest BCUT2D eigenvalue weighted by atomic mass is 9.84. The molecular weight excluding hydrogens is 284 g/mol. The molecule has 2 amide bonds. The van der Waals surface area contributed by atoms with Crippen LogP contribution in [0.2, 0.25) is 0 Å². The fourth-order valence-corrected chi connectivity index (χ4v) is 4.59. The molecule has 1 heterocycles. The summed E-state index contributed by atoms with van der Waals surface area (Å²) in [5.74, 6) is 0.472. The molecule has 1 atom stereocenters. The Morgan fingerprint density at radius 3 is 2.71 bits per heavy atom. The molecule has 0 bridgehead atoms. The summed E-state index contributed by atoms with van der Waals surface area (Å²) in [6.45, 7) is 2.21. The number of nitrogens with one attached hydrogen (secondary N) is 1. The Kier molecular flexibility index (Phi) is 4.02.